The Morgan fingerprint density at radius 3 is 2.63 bits per heavy atom. The summed E-state index contributed by atoms with van der Waals surface area (Å²) in [6.45, 7) is 0.283. The van der Waals surface area contributed by atoms with Crippen molar-refractivity contribution < 1.29 is 19.7 Å². The van der Waals surface area contributed by atoms with Crippen molar-refractivity contribution in [2.45, 2.75) is 6.61 Å². The van der Waals surface area contributed by atoms with Gasteiger partial charge in [-0.2, -0.15) is 5.26 Å². The Labute approximate surface area is 176 Å². The number of benzene rings is 3. The number of halogens is 1. The summed E-state index contributed by atoms with van der Waals surface area (Å²) in [7, 11) is 0. The van der Waals surface area contributed by atoms with Crippen LogP contribution in [0.4, 0.5) is 0 Å². The molecule has 30 heavy (non-hydrogen) atoms. The summed E-state index contributed by atoms with van der Waals surface area (Å²) >= 11 is 6.18. The second kappa shape index (κ2) is 7.82. The summed E-state index contributed by atoms with van der Waals surface area (Å²) in [6, 6.07) is 19.1. The van der Waals surface area contributed by atoms with E-state index in [1.165, 1.54) is 12.1 Å². The molecule has 4 rings (SSSR count). The lowest BCUT2D eigenvalue weighted by atomic mass is 10.1. The molecule has 6 nitrogen and oxygen atoms in total. The number of aromatic carboxylic acids is 1. The van der Waals surface area contributed by atoms with E-state index in [0.29, 0.717) is 32.9 Å². The van der Waals surface area contributed by atoms with Crippen molar-refractivity contribution in [1.29, 1.82) is 5.26 Å². The zero-order chi connectivity index (χ0) is 21.3. The molecule has 0 unspecified atom stereocenters. The molecule has 4 aromatic rings. The monoisotopic (exact) mass is 418 g/mol. The summed E-state index contributed by atoms with van der Waals surface area (Å²) < 4.78 is 7.59. The predicted molar refractivity (Wildman–Crippen MR) is 112 cm³/mol. The number of nitrogens with zero attached hydrogens (tertiary/aromatic N) is 2. The minimum absolute atomic E-state index is 0.195. The minimum Gasteiger partial charge on any atom is -0.507 e. The first kappa shape index (κ1) is 19.4. The lowest BCUT2D eigenvalue weighted by Crippen LogP contribution is -1.99. The zero-order valence-electron chi connectivity index (χ0n) is 15.5. The maximum absolute atomic E-state index is 11.2. The average molecular weight is 419 g/mol. The van der Waals surface area contributed by atoms with Crippen LogP contribution >= 0.6 is 11.6 Å². The van der Waals surface area contributed by atoms with E-state index in [9.17, 15) is 15.2 Å². The number of hydrogen-bond acceptors (Lipinski definition) is 4. The number of carbonyl (C=O) groups is 1. The number of fused-ring (bicyclic) bond motifs is 1. The lowest BCUT2D eigenvalue weighted by molar-refractivity contribution is 0.0693. The van der Waals surface area contributed by atoms with Gasteiger partial charge in [0.15, 0.2) is 0 Å². The third kappa shape index (κ3) is 3.54. The molecule has 7 heteroatoms. The smallest absolute Gasteiger partial charge is 0.339 e. The van der Waals surface area contributed by atoms with E-state index in [-0.39, 0.29) is 17.9 Å². The zero-order valence-corrected chi connectivity index (χ0v) is 16.3. The topological polar surface area (TPSA) is 95.5 Å². The Hall–Kier alpha value is -3.95. The second-order valence-electron chi connectivity index (χ2n) is 6.59. The number of aromatic hydroxyl groups is 1. The van der Waals surface area contributed by atoms with Crippen LogP contribution in [0.1, 0.15) is 21.5 Å². The molecule has 0 fully saturated rings. The Bertz CT molecular complexity index is 1320. The first-order chi connectivity index (χ1) is 14.5. The number of nitriles is 1. The van der Waals surface area contributed by atoms with E-state index >= 15 is 0 Å². The largest absolute Gasteiger partial charge is 0.507 e. The first-order valence-corrected chi connectivity index (χ1v) is 9.34. The van der Waals surface area contributed by atoms with Crippen LogP contribution in [0.2, 0.25) is 5.02 Å². The average Bonchev–Trinajstić information content (AvgIpc) is 3.11. The Balaban J connectivity index is 1.74. The van der Waals surface area contributed by atoms with Crippen LogP contribution in [0.15, 0.2) is 66.9 Å². The van der Waals surface area contributed by atoms with Gasteiger partial charge < -0.3 is 19.5 Å². The highest BCUT2D eigenvalue weighted by Crippen LogP contribution is 2.31. The number of phenols is 1. The quantitative estimate of drug-likeness (QED) is 0.468. The van der Waals surface area contributed by atoms with Crippen LogP contribution in [-0.4, -0.2) is 20.7 Å². The van der Waals surface area contributed by atoms with Gasteiger partial charge in [-0.3, -0.25) is 0 Å². The first-order valence-electron chi connectivity index (χ1n) is 8.96. The third-order valence-corrected chi connectivity index (χ3v) is 5.11. The molecule has 0 aliphatic carbocycles. The molecular weight excluding hydrogens is 404 g/mol. The van der Waals surface area contributed by atoms with Crippen molar-refractivity contribution in [2.75, 3.05) is 0 Å². The van der Waals surface area contributed by atoms with Crippen LogP contribution in [0.25, 0.3) is 16.6 Å². The summed E-state index contributed by atoms with van der Waals surface area (Å²) in [5, 5.41) is 30.0. The standard InChI is InChI=1S/C23H15ClN2O4/c24-20-4-2-1-3-14(20)13-30-17-6-8-18-15(11-25)12-26(21(18)10-17)16-5-7-19(23(28)29)22(27)9-16/h1-10,12,27H,13H2,(H,28,29). The molecular formula is C23H15ClN2O4. The van der Waals surface area contributed by atoms with Crippen molar-refractivity contribution in [3.05, 3.63) is 88.6 Å². The molecule has 0 bridgehead atoms. The number of ether oxygens (including phenoxy) is 1. The fourth-order valence-corrected chi connectivity index (χ4v) is 3.42. The number of rotatable bonds is 5. The minimum atomic E-state index is -1.22. The van der Waals surface area contributed by atoms with Gasteiger partial charge in [0.2, 0.25) is 0 Å². The Morgan fingerprint density at radius 1 is 1.13 bits per heavy atom. The maximum atomic E-state index is 11.2. The van der Waals surface area contributed by atoms with Crippen molar-refractivity contribution >= 4 is 28.5 Å². The van der Waals surface area contributed by atoms with Crippen LogP contribution in [-0.2, 0) is 6.61 Å². The molecule has 0 radical (unpaired) electrons. The molecule has 148 valence electrons. The van der Waals surface area contributed by atoms with Gasteiger partial charge >= 0.3 is 5.97 Å². The van der Waals surface area contributed by atoms with E-state index in [4.69, 9.17) is 21.4 Å². The van der Waals surface area contributed by atoms with Crippen molar-refractivity contribution in [3.8, 4) is 23.3 Å². The molecule has 3 aromatic carbocycles. The predicted octanol–water partition coefficient (Wildman–Crippen LogP) is 5.14. The highest BCUT2D eigenvalue weighted by Gasteiger charge is 2.15. The molecule has 2 N–H and O–H groups in total. The number of carboxylic acids is 1. The normalized spacial score (nSPS) is 10.7. The van der Waals surface area contributed by atoms with Gasteiger partial charge in [-0.1, -0.05) is 29.8 Å². The summed E-state index contributed by atoms with van der Waals surface area (Å²) in [6.07, 6.45) is 1.64. The fraction of sp³-hybridized carbons (Fsp3) is 0.0435. The molecule has 0 amide bonds. The van der Waals surface area contributed by atoms with Gasteiger partial charge in [-0.05, 0) is 30.3 Å². The highest BCUT2D eigenvalue weighted by molar-refractivity contribution is 6.31. The molecule has 1 aromatic heterocycles. The van der Waals surface area contributed by atoms with E-state index in [2.05, 4.69) is 6.07 Å². The van der Waals surface area contributed by atoms with Gasteiger partial charge in [0.05, 0.1) is 11.1 Å². The van der Waals surface area contributed by atoms with E-state index in [1.807, 2.05) is 18.2 Å². The van der Waals surface area contributed by atoms with Crippen LogP contribution in [0.5, 0.6) is 11.5 Å². The van der Waals surface area contributed by atoms with Gasteiger partial charge in [0.25, 0.3) is 0 Å². The van der Waals surface area contributed by atoms with E-state index in [0.717, 1.165) is 5.56 Å². The molecule has 0 saturated carbocycles. The van der Waals surface area contributed by atoms with E-state index < -0.39 is 5.97 Å². The van der Waals surface area contributed by atoms with Crippen LogP contribution in [0.3, 0.4) is 0 Å². The van der Waals surface area contributed by atoms with Crippen LogP contribution in [0, 0.1) is 11.3 Å². The van der Waals surface area contributed by atoms with Crippen molar-refractivity contribution in [3.63, 3.8) is 0 Å². The molecule has 0 saturated heterocycles. The summed E-state index contributed by atoms with van der Waals surface area (Å²) in [5.41, 5.74) is 2.31. The van der Waals surface area contributed by atoms with Gasteiger partial charge in [0.1, 0.15) is 29.7 Å². The SMILES string of the molecule is N#Cc1cn(-c2ccc(C(=O)O)c(O)c2)c2cc(OCc3ccccc3Cl)ccc12. The molecule has 0 aliphatic heterocycles. The van der Waals surface area contributed by atoms with Gasteiger partial charge in [-0.25, -0.2) is 4.79 Å². The molecule has 1 heterocycles. The fourth-order valence-electron chi connectivity index (χ4n) is 3.23. The van der Waals surface area contributed by atoms with Crippen molar-refractivity contribution in [1.82, 2.24) is 4.57 Å². The third-order valence-electron chi connectivity index (χ3n) is 4.74. The van der Waals surface area contributed by atoms with Gasteiger partial charge in [-0.15, -0.1) is 0 Å². The molecule has 0 aliphatic rings. The summed E-state index contributed by atoms with van der Waals surface area (Å²) in [5.74, 6) is -0.992. The molecule has 0 spiro atoms. The highest BCUT2D eigenvalue weighted by atomic mass is 35.5. The van der Waals surface area contributed by atoms with Crippen LogP contribution < -0.4 is 4.74 Å². The Morgan fingerprint density at radius 2 is 1.93 bits per heavy atom. The number of hydrogen-bond donors (Lipinski definition) is 2. The Kier molecular flexibility index (Phi) is 5.05. The maximum Gasteiger partial charge on any atom is 0.339 e. The summed E-state index contributed by atoms with van der Waals surface area (Å²) in [4.78, 5) is 11.2. The van der Waals surface area contributed by atoms with Crippen molar-refractivity contribution in [2.24, 2.45) is 0 Å². The molecule has 0 atom stereocenters. The number of aromatic nitrogens is 1. The number of carboxylic acid groups (broad SMARTS) is 1. The van der Waals surface area contributed by atoms with E-state index in [1.54, 1.807) is 41.1 Å². The second-order valence-corrected chi connectivity index (χ2v) is 7.00. The van der Waals surface area contributed by atoms with Gasteiger partial charge in [0, 0.05) is 40.0 Å². The lowest BCUT2D eigenvalue weighted by Gasteiger charge is -2.10.